The van der Waals surface area contributed by atoms with Crippen LogP contribution in [0.4, 0.5) is 9.59 Å². The molecule has 14 nitrogen and oxygen atoms in total. The number of urea groups is 1. The Labute approximate surface area is 307 Å². The number of carbonyl (C=O) groups excluding carboxylic acids is 3. The maximum atomic E-state index is 14.3. The van der Waals surface area contributed by atoms with E-state index >= 15 is 0 Å². The average Bonchev–Trinajstić information content (AvgIpc) is 3.43. The molecule has 1 aromatic carbocycles. The van der Waals surface area contributed by atoms with Crippen molar-refractivity contribution < 1.29 is 34.5 Å². The monoisotopic (exact) mass is 725 g/mol. The Bertz CT molecular complexity index is 1450. The van der Waals surface area contributed by atoms with Crippen LogP contribution in [0.3, 0.4) is 0 Å². The molecule has 0 aliphatic carbocycles. The molecule has 1 aromatic heterocycles. The Kier molecular flexibility index (Phi) is 16.3. The highest BCUT2D eigenvalue weighted by molar-refractivity contribution is 5.88. The molecule has 52 heavy (non-hydrogen) atoms. The van der Waals surface area contributed by atoms with Gasteiger partial charge in [-0.2, -0.15) is 0 Å². The summed E-state index contributed by atoms with van der Waals surface area (Å²) < 4.78 is 0. The highest BCUT2D eigenvalue weighted by Crippen LogP contribution is 2.23. The number of nitrogens with zero attached hydrogens (tertiary/aromatic N) is 4. The summed E-state index contributed by atoms with van der Waals surface area (Å²) in [5.41, 5.74) is 4.55. The molecule has 2 heterocycles. The lowest BCUT2D eigenvalue weighted by molar-refractivity contribution is -0.132. The molecule has 1 fully saturated rings. The van der Waals surface area contributed by atoms with Gasteiger partial charge in [0.05, 0.1) is 24.4 Å². The highest BCUT2D eigenvalue weighted by atomic mass is 16.4. The number of unbranched alkanes of at least 4 members (excludes halogenated alkanes) is 2. The third-order valence-electron chi connectivity index (χ3n) is 9.46. The van der Waals surface area contributed by atoms with E-state index < -0.39 is 41.6 Å². The van der Waals surface area contributed by atoms with Crippen molar-refractivity contribution in [3.63, 3.8) is 0 Å². The normalized spacial score (nSPS) is 16.3. The molecule has 0 saturated carbocycles. The van der Waals surface area contributed by atoms with E-state index in [1.807, 2.05) is 69.3 Å². The van der Waals surface area contributed by atoms with Gasteiger partial charge in [-0.3, -0.25) is 20.0 Å². The summed E-state index contributed by atoms with van der Waals surface area (Å²) in [6.45, 7) is 12.4. The number of aromatic nitrogens is 1. The van der Waals surface area contributed by atoms with Crippen LogP contribution in [0.5, 0.6) is 0 Å². The summed E-state index contributed by atoms with van der Waals surface area (Å²) in [6.07, 6.45) is 0.204. The lowest BCUT2D eigenvalue weighted by Crippen LogP contribution is -2.60. The second-order valence-corrected chi connectivity index (χ2v) is 14.8. The number of carboxylic acid groups (broad SMARTS) is 1. The molecule has 1 aliphatic rings. The van der Waals surface area contributed by atoms with Crippen molar-refractivity contribution in [3.8, 4) is 0 Å². The number of hydrogen-bond donors (Lipinski definition) is 6. The minimum absolute atomic E-state index is 0.0201. The van der Waals surface area contributed by atoms with Crippen molar-refractivity contribution in [2.24, 2.45) is 11.3 Å². The number of hydrogen-bond acceptors (Lipinski definition) is 8. The second kappa shape index (κ2) is 20.1. The van der Waals surface area contributed by atoms with Crippen molar-refractivity contribution in [2.75, 3.05) is 32.8 Å². The molecule has 1 aliphatic heterocycles. The van der Waals surface area contributed by atoms with E-state index in [0.29, 0.717) is 51.9 Å². The molecule has 5 atom stereocenters. The first kappa shape index (κ1) is 42.1. The number of aliphatic hydroxyl groups is 2. The quantitative estimate of drug-likeness (QED) is 0.0880. The van der Waals surface area contributed by atoms with Crippen LogP contribution in [-0.2, 0) is 22.6 Å². The zero-order chi connectivity index (χ0) is 38.4. The van der Waals surface area contributed by atoms with Crippen LogP contribution in [0, 0.1) is 18.3 Å². The number of aryl methyl sites for hydroxylation is 1. The van der Waals surface area contributed by atoms with Gasteiger partial charge in [0, 0.05) is 38.5 Å². The van der Waals surface area contributed by atoms with Gasteiger partial charge < -0.3 is 35.8 Å². The van der Waals surface area contributed by atoms with Crippen molar-refractivity contribution in [2.45, 2.75) is 104 Å². The number of rotatable bonds is 20. The van der Waals surface area contributed by atoms with Gasteiger partial charge in [0.1, 0.15) is 12.1 Å². The summed E-state index contributed by atoms with van der Waals surface area (Å²) in [6, 6.07) is 12.2. The molecule has 3 rings (SSSR count). The molecular weight excluding hydrogens is 666 g/mol. The molecule has 1 saturated heterocycles. The first-order valence-corrected chi connectivity index (χ1v) is 18.3. The van der Waals surface area contributed by atoms with Gasteiger partial charge in [-0.05, 0) is 61.6 Å². The number of benzene rings is 1. The number of hydrazine groups is 1. The SMILES string of the molecule is CC[C@H](C)[C@@H](C(=O)N[C@@H](Cc1ccccc1)[C@@H](O)CN(CCCCCO)NC(=O)[C@@H](NC(=O)O)C(C)(C)C)N1CCN(Cc2cccc(C)n2)C1=O. The Balaban J connectivity index is 1.86. The van der Waals surface area contributed by atoms with E-state index in [2.05, 4.69) is 21.0 Å². The topological polar surface area (TPSA) is 188 Å². The molecule has 0 bridgehead atoms. The van der Waals surface area contributed by atoms with Crippen LogP contribution in [0.15, 0.2) is 48.5 Å². The molecular formula is C38H59N7O7. The van der Waals surface area contributed by atoms with Crippen molar-refractivity contribution >= 4 is 23.9 Å². The molecule has 0 spiro atoms. The van der Waals surface area contributed by atoms with Gasteiger partial charge in [-0.15, -0.1) is 0 Å². The van der Waals surface area contributed by atoms with Gasteiger partial charge in [0.15, 0.2) is 0 Å². The number of nitrogens with one attached hydrogen (secondary N) is 3. The number of aliphatic hydroxyl groups excluding tert-OH is 2. The number of pyridine rings is 1. The predicted molar refractivity (Wildman–Crippen MR) is 198 cm³/mol. The van der Waals surface area contributed by atoms with Crippen LogP contribution in [-0.4, -0.2) is 116 Å². The number of carbonyl (C=O) groups is 4. The number of amides is 5. The maximum absolute atomic E-state index is 14.3. The van der Waals surface area contributed by atoms with E-state index in [-0.39, 0.29) is 37.4 Å². The smallest absolute Gasteiger partial charge is 0.405 e. The first-order chi connectivity index (χ1) is 24.6. The standard InChI is InChI=1S/C38H59N7O7/c1-7-26(2)32(45-21-20-43(37(45)52)24-29-18-14-15-27(3)39-29)34(48)40-30(23-28-16-10-8-11-17-28)31(47)25-44(19-12-9-13-22-46)42-35(49)33(38(4,5)6)41-36(50)51/h8,10-11,14-18,26,30-33,41,46-47H,7,9,12-13,19-25H2,1-6H3,(H,40,48)(H,42,49)(H,50,51)/t26-,30-,31-,32-,33+/m0/s1. The van der Waals surface area contributed by atoms with Crippen LogP contribution >= 0.6 is 0 Å². The summed E-state index contributed by atoms with van der Waals surface area (Å²) in [5, 5.41) is 37.5. The van der Waals surface area contributed by atoms with Crippen molar-refractivity contribution in [1.29, 1.82) is 0 Å². The van der Waals surface area contributed by atoms with E-state index in [4.69, 9.17) is 0 Å². The molecule has 0 unspecified atom stereocenters. The van der Waals surface area contributed by atoms with E-state index in [9.17, 15) is 34.5 Å². The van der Waals surface area contributed by atoms with Crippen molar-refractivity contribution in [1.82, 2.24) is 35.9 Å². The molecule has 288 valence electrons. The van der Waals surface area contributed by atoms with Crippen LogP contribution in [0.2, 0.25) is 0 Å². The van der Waals surface area contributed by atoms with Gasteiger partial charge in [0.2, 0.25) is 5.91 Å². The van der Waals surface area contributed by atoms with E-state index in [1.54, 1.807) is 35.6 Å². The molecule has 6 N–H and O–H groups in total. The molecule has 5 amide bonds. The molecule has 14 heteroatoms. The van der Waals surface area contributed by atoms with Gasteiger partial charge in [-0.25, -0.2) is 14.6 Å². The first-order valence-electron chi connectivity index (χ1n) is 18.3. The fourth-order valence-corrected chi connectivity index (χ4v) is 6.40. The van der Waals surface area contributed by atoms with Crippen molar-refractivity contribution in [3.05, 3.63) is 65.5 Å². The minimum atomic E-state index is -1.34. The fourth-order valence-electron chi connectivity index (χ4n) is 6.40. The predicted octanol–water partition coefficient (Wildman–Crippen LogP) is 3.31. The molecule has 2 aromatic rings. The summed E-state index contributed by atoms with van der Waals surface area (Å²) in [7, 11) is 0. The summed E-state index contributed by atoms with van der Waals surface area (Å²) in [5.74, 6) is -1.15. The largest absolute Gasteiger partial charge is 0.465 e. The Morgan fingerprint density at radius 1 is 0.981 bits per heavy atom. The summed E-state index contributed by atoms with van der Waals surface area (Å²) >= 11 is 0. The fraction of sp³-hybridized carbons (Fsp3) is 0.605. The average molecular weight is 726 g/mol. The second-order valence-electron chi connectivity index (χ2n) is 14.8. The molecule has 0 radical (unpaired) electrons. The Morgan fingerprint density at radius 2 is 1.69 bits per heavy atom. The van der Waals surface area contributed by atoms with Crippen LogP contribution in [0.1, 0.15) is 77.3 Å². The zero-order valence-electron chi connectivity index (χ0n) is 31.5. The van der Waals surface area contributed by atoms with Crippen LogP contribution in [0.25, 0.3) is 0 Å². The Hall–Kier alpha value is -4.27. The van der Waals surface area contributed by atoms with E-state index in [1.165, 1.54) is 0 Å². The lowest BCUT2D eigenvalue weighted by atomic mass is 9.86. The van der Waals surface area contributed by atoms with E-state index in [0.717, 1.165) is 17.0 Å². The summed E-state index contributed by atoms with van der Waals surface area (Å²) in [4.78, 5) is 60.9. The van der Waals surface area contributed by atoms with Gasteiger partial charge in [-0.1, -0.05) is 77.4 Å². The zero-order valence-corrected chi connectivity index (χ0v) is 31.5. The third-order valence-corrected chi connectivity index (χ3v) is 9.46. The van der Waals surface area contributed by atoms with Gasteiger partial charge >= 0.3 is 12.1 Å². The van der Waals surface area contributed by atoms with Crippen LogP contribution < -0.4 is 16.1 Å². The Morgan fingerprint density at radius 3 is 2.31 bits per heavy atom. The minimum Gasteiger partial charge on any atom is -0.465 e. The lowest BCUT2D eigenvalue weighted by Gasteiger charge is -2.36. The highest BCUT2D eigenvalue weighted by Gasteiger charge is 2.41. The third kappa shape index (κ3) is 12.7. The maximum Gasteiger partial charge on any atom is 0.405 e. The van der Waals surface area contributed by atoms with Gasteiger partial charge in [0.25, 0.3) is 5.91 Å².